The first kappa shape index (κ1) is 18.8. The van der Waals surface area contributed by atoms with Crippen molar-refractivity contribution in [3.63, 3.8) is 0 Å². The van der Waals surface area contributed by atoms with Crippen LogP contribution in [-0.4, -0.2) is 37.5 Å². The van der Waals surface area contributed by atoms with Gasteiger partial charge in [0.25, 0.3) is 5.69 Å². The molecular formula is C12H16ClN3O5. The van der Waals surface area contributed by atoms with Crippen molar-refractivity contribution in [1.82, 2.24) is 5.32 Å². The minimum atomic E-state index is -0.709. The third-order valence-electron chi connectivity index (χ3n) is 2.44. The molecule has 9 heteroatoms. The Kier molecular flexibility index (Phi) is 7.95. The van der Waals surface area contributed by atoms with Gasteiger partial charge in [-0.25, -0.2) is 4.79 Å². The Morgan fingerprint density at radius 3 is 2.52 bits per heavy atom. The Balaban J connectivity index is 0.00000400. The highest BCUT2D eigenvalue weighted by atomic mass is 35.5. The molecule has 0 unspecified atom stereocenters. The molecule has 0 saturated carbocycles. The molecule has 1 rings (SSSR count). The van der Waals surface area contributed by atoms with E-state index in [2.05, 4.69) is 15.4 Å². The zero-order valence-corrected chi connectivity index (χ0v) is 12.4. The van der Waals surface area contributed by atoms with Crippen LogP contribution >= 0.6 is 12.4 Å². The number of hydrogen-bond acceptors (Lipinski definition) is 6. The number of non-ortho nitro benzene ring substituents is 1. The molecule has 0 radical (unpaired) electrons. The lowest BCUT2D eigenvalue weighted by molar-refractivity contribution is -0.384. The van der Waals surface area contributed by atoms with E-state index in [-0.39, 0.29) is 41.7 Å². The van der Waals surface area contributed by atoms with Gasteiger partial charge >= 0.3 is 5.97 Å². The molecule has 0 saturated heterocycles. The van der Waals surface area contributed by atoms with Gasteiger partial charge in [0.15, 0.2) is 0 Å². The van der Waals surface area contributed by atoms with Crippen LogP contribution in [0, 0.1) is 10.1 Å². The summed E-state index contributed by atoms with van der Waals surface area (Å²) in [6.07, 6.45) is 0.215. The summed E-state index contributed by atoms with van der Waals surface area (Å²) in [5.41, 5.74) is -0.108. The number of halogens is 1. The number of nitrogens with one attached hydrogen (secondary N) is 2. The van der Waals surface area contributed by atoms with E-state index < -0.39 is 10.9 Å². The second-order valence-corrected chi connectivity index (χ2v) is 3.92. The first-order chi connectivity index (χ1) is 9.47. The number of anilines is 1. The molecule has 1 aromatic rings. The van der Waals surface area contributed by atoms with Crippen LogP contribution in [0.2, 0.25) is 0 Å². The van der Waals surface area contributed by atoms with Crippen LogP contribution in [-0.2, 0) is 9.53 Å². The zero-order valence-electron chi connectivity index (χ0n) is 11.5. The van der Waals surface area contributed by atoms with E-state index in [1.54, 1.807) is 7.05 Å². The summed E-state index contributed by atoms with van der Waals surface area (Å²) in [5, 5.41) is 16.1. The Labute approximate surface area is 127 Å². The Morgan fingerprint density at radius 1 is 1.33 bits per heavy atom. The van der Waals surface area contributed by atoms with E-state index >= 15 is 0 Å². The first-order valence-electron chi connectivity index (χ1n) is 5.80. The fourth-order valence-corrected chi connectivity index (χ4v) is 1.49. The summed E-state index contributed by atoms with van der Waals surface area (Å²) in [6, 6.07) is 3.61. The highest BCUT2D eigenvalue weighted by Gasteiger charge is 2.15. The molecule has 8 nitrogen and oxygen atoms in total. The minimum absolute atomic E-state index is 0. The number of nitro groups is 1. The van der Waals surface area contributed by atoms with Gasteiger partial charge in [-0.15, -0.1) is 12.4 Å². The second-order valence-electron chi connectivity index (χ2n) is 3.92. The van der Waals surface area contributed by atoms with Gasteiger partial charge in [-0.2, -0.15) is 0 Å². The Hall–Kier alpha value is -2.19. The lowest BCUT2D eigenvalue weighted by Crippen LogP contribution is -2.19. The van der Waals surface area contributed by atoms with Gasteiger partial charge in [0.1, 0.15) is 0 Å². The van der Waals surface area contributed by atoms with E-state index in [9.17, 15) is 19.7 Å². The second kappa shape index (κ2) is 8.88. The lowest BCUT2D eigenvalue weighted by atomic mass is 10.1. The molecule has 0 heterocycles. The summed E-state index contributed by atoms with van der Waals surface area (Å²) in [5.74, 6) is -1.02. The van der Waals surface area contributed by atoms with Crippen molar-refractivity contribution in [2.24, 2.45) is 0 Å². The van der Waals surface area contributed by atoms with Crippen LogP contribution in [0.5, 0.6) is 0 Å². The number of hydrogen-bond donors (Lipinski definition) is 2. The molecule has 0 atom stereocenters. The third kappa shape index (κ3) is 5.76. The van der Waals surface area contributed by atoms with Crippen molar-refractivity contribution in [1.29, 1.82) is 0 Å². The summed E-state index contributed by atoms with van der Waals surface area (Å²) in [6.45, 7) is 0.477. The van der Waals surface area contributed by atoms with Gasteiger partial charge in [-0.05, 0) is 13.1 Å². The number of carbonyl (C=O) groups excluding carboxylic acids is 2. The van der Waals surface area contributed by atoms with Crippen LogP contribution in [0.15, 0.2) is 18.2 Å². The summed E-state index contributed by atoms with van der Waals surface area (Å²) in [7, 11) is 2.88. The largest absolute Gasteiger partial charge is 0.465 e. The van der Waals surface area contributed by atoms with E-state index in [0.29, 0.717) is 6.54 Å². The van der Waals surface area contributed by atoms with E-state index in [1.807, 2.05) is 0 Å². The highest BCUT2D eigenvalue weighted by molar-refractivity contribution is 5.95. The molecule has 0 aliphatic carbocycles. The number of rotatable bonds is 6. The van der Waals surface area contributed by atoms with E-state index in [4.69, 9.17) is 0 Å². The monoisotopic (exact) mass is 317 g/mol. The van der Waals surface area contributed by atoms with E-state index in [0.717, 1.165) is 6.07 Å². The molecule has 1 amide bonds. The summed E-state index contributed by atoms with van der Waals surface area (Å²) in [4.78, 5) is 33.2. The van der Waals surface area contributed by atoms with E-state index in [1.165, 1.54) is 19.2 Å². The number of nitro benzene ring substituents is 1. The van der Waals surface area contributed by atoms with Crippen LogP contribution in [0.4, 0.5) is 11.4 Å². The Bertz CT molecular complexity index is 536. The maximum Gasteiger partial charge on any atom is 0.338 e. The molecule has 0 fully saturated rings. The SMILES string of the molecule is CNCCC(=O)Nc1cc(C(=O)OC)cc([N+](=O)[O-])c1.Cl. The fourth-order valence-electron chi connectivity index (χ4n) is 1.49. The number of carbonyl (C=O) groups is 2. The zero-order chi connectivity index (χ0) is 15.1. The molecule has 0 bridgehead atoms. The van der Waals surface area contributed by atoms with Gasteiger partial charge in [-0.1, -0.05) is 0 Å². The van der Waals surface area contributed by atoms with Crippen LogP contribution in [0.25, 0.3) is 0 Å². The quantitative estimate of drug-likeness (QED) is 0.465. The summed E-state index contributed by atoms with van der Waals surface area (Å²) < 4.78 is 4.51. The Morgan fingerprint density at radius 2 is 2.00 bits per heavy atom. The van der Waals surface area contributed by atoms with Gasteiger partial charge in [-0.3, -0.25) is 14.9 Å². The van der Waals surface area contributed by atoms with Gasteiger partial charge in [0, 0.05) is 30.8 Å². The van der Waals surface area contributed by atoms with Crippen molar-refractivity contribution in [3.8, 4) is 0 Å². The van der Waals surface area contributed by atoms with Crippen LogP contribution in [0.1, 0.15) is 16.8 Å². The van der Waals surface area contributed by atoms with Crippen molar-refractivity contribution in [3.05, 3.63) is 33.9 Å². The smallest absolute Gasteiger partial charge is 0.338 e. The van der Waals surface area contributed by atoms with Gasteiger partial charge in [0.2, 0.25) is 5.91 Å². The highest BCUT2D eigenvalue weighted by Crippen LogP contribution is 2.21. The minimum Gasteiger partial charge on any atom is -0.465 e. The standard InChI is InChI=1S/C12H15N3O5.ClH/c1-13-4-3-11(16)14-9-5-8(12(17)20-2)6-10(7-9)15(18)19;/h5-7,13H,3-4H2,1-2H3,(H,14,16);1H. The number of ether oxygens (including phenoxy) is 1. The average Bonchev–Trinajstić information content (AvgIpc) is 2.43. The number of esters is 1. The fraction of sp³-hybridized carbons (Fsp3) is 0.333. The normalized spacial score (nSPS) is 9.43. The molecule has 0 spiro atoms. The maximum atomic E-state index is 11.6. The van der Waals surface area contributed by atoms with Crippen molar-refractivity contribution >= 4 is 35.7 Å². The molecule has 1 aromatic carbocycles. The molecule has 21 heavy (non-hydrogen) atoms. The topological polar surface area (TPSA) is 111 Å². The molecule has 2 N–H and O–H groups in total. The number of methoxy groups -OCH3 is 1. The maximum absolute atomic E-state index is 11.6. The third-order valence-corrected chi connectivity index (χ3v) is 2.44. The predicted octanol–water partition coefficient (Wildman–Crippen LogP) is 1.35. The van der Waals surface area contributed by atoms with Crippen LogP contribution < -0.4 is 10.6 Å². The van der Waals surface area contributed by atoms with Crippen LogP contribution in [0.3, 0.4) is 0 Å². The predicted molar refractivity (Wildman–Crippen MR) is 78.9 cm³/mol. The molecule has 0 aliphatic rings. The van der Waals surface area contributed by atoms with Crippen molar-refractivity contribution in [2.75, 3.05) is 26.0 Å². The van der Waals surface area contributed by atoms with Crippen molar-refractivity contribution in [2.45, 2.75) is 6.42 Å². The molecule has 0 aromatic heterocycles. The summed E-state index contributed by atoms with van der Waals surface area (Å²) >= 11 is 0. The molecule has 0 aliphatic heterocycles. The lowest BCUT2D eigenvalue weighted by Gasteiger charge is -2.07. The number of benzene rings is 1. The number of nitrogens with zero attached hydrogens (tertiary/aromatic N) is 1. The average molecular weight is 318 g/mol. The van der Waals surface area contributed by atoms with Gasteiger partial charge in [0.05, 0.1) is 17.6 Å². The van der Waals surface area contributed by atoms with Gasteiger partial charge < -0.3 is 15.4 Å². The number of amides is 1. The van der Waals surface area contributed by atoms with Crippen molar-refractivity contribution < 1.29 is 19.2 Å². The molecular weight excluding hydrogens is 302 g/mol. The molecule has 116 valence electrons. The first-order valence-corrected chi connectivity index (χ1v) is 5.80.